The minimum absolute atomic E-state index is 0.595. The molecule has 21 heavy (non-hydrogen) atoms. The van der Waals surface area contributed by atoms with Crippen LogP contribution in [0.2, 0.25) is 0 Å². The van der Waals surface area contributed by atoms with Crippen molar-refractivity contribution in [1.29, 1.82) is 0 Å². The molecule has 0 aliphatic carbocycles. The van der Waals surface area contributed by atoms with E-state index in [1.54, 1.807) is 0 Å². The van der Waals surface area contributed by atoms with Crippen LogP contribution in [0, 0.1) is 0 Å². The Bertz CT molecular complexity index is 560. The number of hydrogen-bond donors (Lipinski definition) is 1. The van der Waals surface area contributed by atoms with E-state index in [1.807, 2.05) is 25.1 Å². The number of anilines is 1. The number of benzene rings is 1. The SMILES string of the molecule is CCCc1nc(NCC)cc(Oc2cccc(CC)c2)n1. The molecule has 0 atom stereocenters. The summed E-state index contributed by atoms with van der Waals surface area (Å²) in [7, 11) is 0. The maximum Gasteiger partial charge on any atom is 0.224 e. The molecular weight excluding hydrogens is 262 g/mol. The van der Waals surface area contributed by atoms with Crippen LogP contribution >= 0.6 is 0 Å². The molecule has 1 aromatic carbocycles. The molecule has 2 aromatic rings. The quantitative estimate of drug-likeness (QED) is 0.827. The highest BCUT2D eigenvalue weighted by Crippen LogP contribution is 2.23. The van der Waals surface area contributed by atoms with Crippen molar-refractivity contribution in [2.24, 2.45) is 0 Å². The van der Waals surface area contributed by atoms with Gasteiger partial charge in [-0.25, -0.2) is 4.98 Å². The molecule has 0 saturated heterocycles. The van der Waals surface area contributed by atoms with E-state index in [1.165, 1.54) is 5.56 Å². The van der Waals surface area contributed by atoms with Crippen LogP contribution in [0.1, 0.15) is 38.6 Å². The third-order valence-corrected chi connectivity index (χ3v) is 3.11. The lowest BCUT2D eigenvalue weighted by molar-refractivity contribution is 0.458. The molecule has 0 amide bonds. The molecule has 0 aliphatic rings. The number of rotatable bonds is 7. The number of hydrogen-bond acceptors (Lipinski definition) is 4. The molecule has 4 heteroatoms. The normalized spacial score (nSPS) is 10.4. The van der Waals surface area contributed by atoms with E-state index in [0.717, 1.165) is 43.2 Å². The number of aromatic nitrogens is 2. The molecule has 112 valence electrons. The van der Waals surface area contributed by atoms with Gasteiger partial charge in [0, 0.05) is 19.0 Å². The Labute approximate surface area is 126 Å². The van der Waals surface area contributed by atoms with Crippen LogP contribution in [0.15, 0.2) is 30.3 Å². The smallest absolute Gasteiger partial charge is 0.224 e. The first kappa shape index (κ1) is 15.3. The van der Waals surface area contributed by atoms with Gasteiger partial charge >= 0.3 is 0 Å². The van der Waals surface area contributed by atoms with E-state index >= 15 is 0 Å². The second-order valence-corrected chi connectivity index (χ2v) is 4.89. The molecule has 0 aliphatic heterocycles. The highest BCUT2D eigenvalue weighted by Gasteiger charge is 2.06. The van der Waals surface area contributed by atoms with E-state index in [2.05, 4.69) is 41.3 Å². The Morgan fingerprint density at radius 2 is 1.95 bits per heavy atom. The summed E-state index contributed by atoms with van der Waals surface area (Å²) in [6.45, 7) is 7.13. The highest BCUT2D eigenvalue weighted by molar-refractivity contribution is 5.40. The van der Waals surface area contributed by atoms with Gasteiger partial charge in [0.1, 0.15) is 17.4 Å². The van der Waals surface area contributed by atoms with Gasteiger partial charge in [0.15, 0.2) is 0 Å². The van der Waals surface area contributed by atoms with E-state index < -0.39 is 0 Å². The molecule has 1 heterocycles. The third kappa shape index (κ3) is 4.45. The molecule has 0 fully saturated rings. The summed E-state index contributed by atoms with van der Waals surface area (Å²) >= 11 is 0. The summed E-state index contributed by atoms with van der Waals surface area (Å²) in [4.78, 5) is 8.97. The Morgan fingerprint density at radius 1 is 1.10 bits per heavy atom. The lowest BCUT2D eigenvalue weighted by Gasteiger charge is -2.10. The van der Waals surface area contributed by atoms with Gasteiger partial charge in [0.2, 0.25) is 5.88 Å². The average molecular weight is 285 g/mol. The monoisotopic (exact) mass is 285 g/mol. The van der Waals surface area contributed by atoms with Crippen molar-refractivity contribution >= 4 is 5.82 Å². The first-order valence-electron chi connectivity index (χ1n) is 7.63. The van der Waals surface area contributed by atoms with E-state index in [4.69, 9.17) is 4.74 Å². The number of nitrogens with one attached hydrogen (secondary N) is 1. The van der Waals surface area contributed by atoms with Gasteiger partial charge in [-0.2, -0.15) is 4.98 Å². The first-order chi connectivity index (χ1) is 10.2. The van der Waals surface area contributed by atoms with Crippen LogP contribution in [0.3, 0.4) is 0 Å². The Morgan fingerprint density at radius 3 is 2.67 bits per heavy atom. The minimum Gasteiger partial charge on any atom is -0.439 e. The molecule has 0 radical (unpaired) electrons. The number of nitrogens with zero attached hydrogens (tertiary/aromatic N) is 2. The Hall–Kier alpha value is -2.10. The van der Waals surface area contributed by atoms with Crippen LogP contribution in [0.25, 0.3) is 0 Å². The van der Waals surface area contributed by atoms with E-state index in [9.17, 15) is 0 Å². The molecule has 0 unspecified atom stereocenters. The van der Waals surface area contributed by atoms with Crippen molar-refractivity contribution < 1.29 is 4.74 Å². The zero-order chi connectivity index (χ0) is 15.1. The van der Waals surface area contributed by atoms with Crippen LogP contribution in [-0.2, 0) is 12.8 Å². The lowest BCUT2D eigenvalue weighted by Crippen LogP contribution is -2.04. The van der Waals surface area contributed by atoms with Gasteiger partial charge in [0.25, 0.3) is 0 Å². The predicted octanol–water partition coefficient (Wildman–Crippen LogP) is 4.22. The molecule has 4 nitrogen and oxygen atoms in total. The average Bonchev–Trinajstić information content (AvgIpc) is 2.48. The van der Waals surface area contributed by atoms with Gasteiger partial charge in [-0.15, -0.1) is 0 Å². The van der Waals surface area contributed by atoms with Crippen LogP contribution in [-0.4, -0.2) is 16.5 Å². The van der Waals surface area contributed by atoms with Crippen molar-refractivity contribution in [3.8, 4) is 11.6 Å². The first-order valence-corrected chi connectivity index (χ1v) is 7.63. The van der Waals surface area contributed by atoms with Crippen molar-refractivity contribution in [2.75, 3.05) is 11.9 Å². The number of ether oxygens (including phenoxy) is 1. The molecule has 0 bridgehead atoms. The summed E-state index contributed by atoms with van der Waals surface area (Å²) in [6.07, 6.45) is 2.86. The van der Waals surface area contributed by atoms with E-state index in [0.29, 0.717) is 5.88 Å². The maximum absolute atomic E-state index is 5.90. The minimum atomic E-state index is 0.595. The fraction of sp³-hybridized carbons (Fsp3) is 0.412. The summed E-state index contributed by atoms with van der Waals surface area (Å²) < 4.78 is 5.90. The van der Waals surface area contributed by atoms with E-state index in [-0.39, 0.29) is 0 Å². The van der Waals surface area contributed by atoms with Gasteiger partial charge < -0.3 is 10.1 Å². The van der Waals surface area contributed by atoms with Crippen LogP contribution in [0.5, 0.6) is 11.6 Å². The fourth-order valence-electron chi connectivity index (χ4n) is 2.08. The topological polar surface area (TPSA) is 47.0 Å². The molecule has 1 N–H and O–H groups in total. The second-order valence-electron chi connectivity index (χ2n) is 4.89. The van der Waals surface area contributed by atoms with Crippen molar-refractivity contribution in [3.05, 3.63) is 41.7 Å². The van der Waals surface area contributed by atoms with Gasteiger partial charge in [-0.1, -0.05) is 26.0 Å². The standard InChI is InChI=1S/C17H23N3O/c1-4-8-15-19-16(18-6-3)12-17(20-15)21-14-10-7-9-13(5-2)11-14/h7,9-12H,4-6,8H2,1-3H3,(H,18,19,20). The lowest BCUT2D eigenvalue weighted by atomic mass is 10.2. The molecule has 1 aromatic heterocycles. The highest BCUT2D eigenvalue weighted by atomic mass is 16.5. The number of aryl methyl sites for hydroxylation is 2. The summed E-state index contributed by atoms with van der Waals surface area (Å²) in [5.41, 5.74) is 1.25. The Balaban J connectivity index is 2.24. The molecule has 2 rings (SSSR count). The third-order valence-electron chi connectivity index (χ3n) is 3.11. The van der Waals surface area contributed by atoms with Crippen LogP contribution < -0.4 is 10.1 Å². The second kappa shape index (κ2) is 7.62. The predicted molar refractivity (Wildman–Crippen MR) is 86.1 cm³/mol. The van der Waals surface area contributed by atoms with Crippen molar-refractivity contribution in [1.82, 2.24) is 9.97 Å². The summed E-state index contributed by atoms with van der Waals surface area (Å²) in [6, 6.07) is 9.95. The summed E-state index contributed by atoms with van der Waals surface area (Å²) in [5, 5.41) is 3.22. The molecule has 0 saturated carbocycles. The fourth-order valence-corrected chi connectivity index (χ4v) is 2.08. The zero-order valence-electron chi connectivity index (χ0n) is 13.0. The van der Waals surface area contributed by atoms with Gasteiger partial charge in [-0.05, 0) is 37.5 Å². The largest absolute Gasteiger partial charge is 0.439 e. The molecule has 0 spiro atoms. The zero-order valence-corrected chi connectivity index (χ0v) is 13.0. The van der Waals surface area contributed by atoms with Crippen LogP contribution in [0.4, 0.5) is 5.82 Å². The molecular formula is C17H23N3O. The Kier molecular flexibility index (Phi) is 5.55. The van der Waals surface area contributed by atoms with Crippen molar-refractivity contribution in [3.63, 3.8) is 0 Å². The van der Waals surface area contributed by atoms with Gasteiger partial charge in [0.05, 0.1) is 0 Å². The summed E-state index contributed by atoms with van der Waals surface area (Å²) in [5.74, 6) is 3.05. The van der Waals surface area contributed by atoms with Crippen molar-refractivity contribution in [2.45, 2.75) is 40.0 Å². The van der Waals surface area contributed by atoms with Gasteiger partial charge in [-0.3, -0.25) is 0 Å². The maximum atomic E-state index is 5.90.